The van der Waals surface area contributed by atoms with Gasteiger partial charge in [-0.3, -0.25) is 15.4 Å². The minimum atomic E-state index is -0.549. The first-order chi connectivity index (χ1) is 10.7. The molecule has 0 spiro atoms. The van der Waals surface area contributed by atoms with Crippen molar-refractivity contribution in [3.05, 3.63) is 0 Å². The maximum Gasteiger partial charge on any atom is 0.426 e. The van der Waals surface area contributed by atoms with E-state index in [0.29, 0.717) is 13.2 Å². The van der Waals surface area contributed by atoms with Gasteiger partial charge in [0.2, 0.25) is 0 Å². The molecule has 2 N–H and O–H groups in total. The molecule has 0 aliphatic carbocycles. The lowest BCUT2D eigenvalue weighted by atomic mass is 10.4. The topological polar surface area (TPSA) is 95.5 Å². The molecule has 1 aliphatic heterocycles. The number of aliphatic imine (C=N–C) groups is 1. The highest BCUT2D eigenvalue weighted by atomic mass is 16.6. The van der Waals surface area contributed by atoms with Crippen LogP contribution in [-0.4, -0.2) is 55.1 Å². The van der Waals surface area contributed by atoms with E-state index in [9.17, 15) is 9.59 Å². The Kier molecular flexibility index (Phi) is 8.73. The lowest BCUT2D eigenvalue weighted by Gasteiger charge is -2.30. The molecule has 0 atom stereocenters. The third-order valence-corrected chi connectivity index (χ3v) is 2.74. The van der Waals surface area contributed by atoms with Gasteiger partial charge >= 0.3 is 12.2 Å². The summed E-state index contributed by atoms with van der Waals surface area (Å²) in [7, 11) is 0. The maximum absolute atomic E-state index is 11.5. The molecule has 2 amide bonds. The van der Waals surface area contributed by atoms with E-state index in [2.05, 4.69) is 15.8 Å². The summed E-state index contributed by atoms with van der Waals surface area (Å²) in [6.07, 6.45) is 3.95. The fourth-order valence-corrected chi connectivity index (χ4v) is 1.56. The second-order valence-electron chi connectivity index (χ2n) is 4.79. The van der Waals surface area contributed by atoms with Gasteiger partial charge in [-0.05, 0) is 12.8 Å². The summed E-state index contributed by atoms with van der Waals surface area (Å²) < 4.78 is 9.98. The molecule has 0 saturated heterocycles. The van der Waals surface area contributed by atoms with Crippen molar-refractivity contribution in [1.82, 2.24) is 20.9 Å². The summed E-state index contributed by atoms with van der Waals surface area (Å²) >= 11 is 0. The zero-order valence-corrected chi connectivity index (χ0v) is 13.2. The summed E-state index contributed by atoms with van der Waals surface area (Å²) in [5, 5.41) is 2.94. The van der Waals surface area contributed by atoms with Crippen LogP contribution in [0.2, 0.25) is 0 Å². The minimum Gasteiger partial charge on any atom is -0.449 e. The third-order valence-electron chi connectivity index (χ3n) is 2.74. The molecular weight excluding hydrogens is 290 g/mol. The molecule has 0 fully saturated rings. The Morgan fingerprint density at radius 1 is 1.09 bits per heavy atom. The number of nitrogens with one attached hydrogen (secondary N) is 2. The van der Waals surface area contributed by atoms with Gasteiger partial charge in [0.15, 0.2) is 0 Å². The van der Waals surface area contributed by atoms with Gasteiger partial charge in [0, 0.05) is 0 Å². The molecule has 9 heteroatoms. The summed E-state index contributed by atoms with van der Waals surface area (Å²) in [6, 6.07) is 0. The number of amides is 2. The lowest BCUT2D eigenvalue weighted by molar-refractivity contribution is 0.0621. The normalized spacial score (nSPS) is 14.5. The molecule has 126 valence electrons. The first-order valence-corrected chi connectivity index (χ1v) is 7.54. The molecular formula is C13H25N5O4. The number of carbonyl (C=O) groups excluding carboxylic acids is 2. The molecule has 1 rings (SSSR count). The highest BCUT2D eigenvalue weighted by Gasteiger charge is 2.17. The molecule has 0 aromatic rings. The largest absolute Gasteiger partial charge is 0.449 e. The summed E-state index contributed by atoms with van der Waals surface area (Å²) in [4.78, 5) is 27.1. The fraction of sp³-hybridized carbons (Fsp3) is 0.769. The van der Waals surface area contributed by atoms with Crippen molar-refractivity contribution in [1.29, 1.82) is 0 Å². The zero-order valence-electron chi connectivity index (χ0n) is 13.2. The highest BCUT2D eigenvalue weighted by molar-refractivity contribution is 5.70. The summed E-state index contributed by atoms with van der Waals surface area (Å²) in [6.45, 7) is 5.32. The van der Waals surface area contributed by atoms with E-state index in [4.69, 9.17) is 9.47 Å². The summed E-state index contributed by atoms with van der Waals surface area (Å²) in [5.41, 5.74) is 5.08. The predicted octanol–water partition coefficient (Wildman–Crippen LogP) is 1.43. The van der Waals surface area contributed by atoms with Gasteiger partial charge in [0.1, 0.15) is 19.7 Å². The highest BCUT2D eigenvalue weighted by Crippen LogP contribution is 1.96. The Morgan fingerprint density at radius 2 is 1.68 bits per heavy atom. The Labute approximate surface area is 130 Å². The zero-order chi connectivity index (χ0) is 16.2. The van der Waals surface area contributed by atoms with Gasteiger partial charge < -0.3 is 9.47 Å². The maximum atomic E-state index is 11.5. The molecule has 9 nitrogen and oxygen atoms in total. The van der Waals surface area contributed by atoms with Crippen LogP contribution in [0.15, 0.2) is 4.99 Å². The number of hydrazine groups is 2. The van der Waals surface area contributed by atoms with E-state index in [0.717, 1.165) is 25.7 Å². The van der Waals surface area contributed by atoms with Crippen LogP contribution in [0.3, 0.4) is 0 Å². The van der Waals surface area contributed by atoms with Crippen LogP contribution in [0.1, 0.15) is 39.5 Å². The van der Waals surface area contributed by atoms with Crippen LogP contribution in [-0.2, 0) is 9.47 Å². The molecule has 0 aromatic carbocycles. The predicted molar refractivity (Wildman–Crippen MR) is 80.7 cm³/mol. The Morgan fingerprint density at radius 3 is 2.27 bits per heavy atom. The van der Waals surface area contributed by atoms with Crippen LogP contribution in [0, 0.1) is 0 Å². The third kappa shape index (κ3) is 7.67. The quantitative estimate of drug-likeness (QED) is 0.658. The molecule has 0 saturated carbocycles. The lowest BCUT2D eigenvalue weighted by Crippen LogP contribution is -2.55. The van der Waals surface area contributed by atoms with Crippen LogP contribution in [0.25, 0.3) is 0 Å². The van der Waals surface area contributed by atoms with E-state index in [1.165, 1.54) is 16.4 Å². The van der Waals surface area contributed by atoms with E-state index in [1.807, 2.05) is 13.8 Å². The van der Waals surface area contributed by atoms with Crippen molar-refractivity contribution < 1.29 is 19.1 Å². The van der Waals surface area contributed by atoms with E-state index < -0.39 is 12.2 Å². The molecule has 0 aromatic heterocycles. The van der Waals surface area contributed by atoms with E-state index in [-0.39, 0.29) is 13.3 Å². The van der Waals surface area contributed by atoms with Gasteiger partial charge in [-0.2, -0.15) is 5.01 Å². The van der Waals surface area contributed by atoms with Crippen molar-refractivity contribution in [3.63, 3.8) is 0 Å². The van der Waals surface area contributed by atoms with Gasteiger partial charge in [0.05, 0.1) is 13.2 Å². The minimum absolute atomic E-state index is 0.245. The SMILES string of the molecule is CCCCOC(=O)NN1C=NCN(NC(=O)OCCCC)C1. The number of rotatable bonds is 8. The van der Waals surface area contributed by atoms with Crippen LogP contribution < -0.4 is 10.9 Å². The first-order valence-electron chi connectivity index (χ1n) is 7.54. The standard InChI is InChI=1S/C13H25N5O4/c1-3-5-7-21-12(19)15-17-9-14-10-18(11-17)16-13(20)22-8-6-4-2/h9H,3-8,10-11H2,1-2H3,(H,15,19)(H,16,20). The molecule has 1 aliphatic rings. The molecule has 0 bridgehead atoms. The molecule has 0 unspecified atom stereocenters. The van der Waals surface area contributed by atoms with Crippen LogP contribution in [0.4, 0.5) is 9.59 Å². The van der Waals surface area contributed by atoms with Gasteiger partial charge in [-0.25, -0.2) is 15.0 Å². The smallest absolute Gasteiger partial charge is 0.426 e. The van der Waals surface area contributed by atoms with Crippen molar-refractivity contribution >= 4 is 18.5 Å². The van der Waals surface area contributed by atoms with Gasteiger partial charge in [0.25, 0.3) is 0 Å². The number of nitrogens with zero attached hydrogens (tertiary/aromatic N) is 3. The van der Waals surface area contributed by atoms with Crippen LogP contribution >= 0.6 is 0 Å². The van der Waals surface area contributed by atoms with E-state index in [1.54, 1.807) is 0 Å². The van der Waals surface area contributed by atoms with Crippen molar-refractivity contribution in [2.45, 2.75) is 39.5 Å². The Balaban J connectivity index is 2.26. The molecule has 1 heterocycles. The Hall–Kier alpha value is -2.03. The molecule has 22 heavy (non-hydrogen) atoms. The number of carbonyl (C=O) groups is 2. The number of hydrogen-bond acceptors (Lipinski definition) is 7. The van der Waals surface area contributed by atoms with Gasteiger partial charge in [-0.1, -0.05) is 26.7 Å². The average molecular weight is 315 g/mol. The molecule has 0 radical (unpaired) electrons. The number of hydrogen-bond donors (Lipinski definition) is 2. The first kappa shape index (κ1) is 18.0. The van der Waals surface area contributed by atoms with Crippen molar-refractivity contribution in [2.75, 3.05) is 26.6 Å². The van der Waals surface area contributed by atoms with Gasteiger partial charge in [-0.15, -0.1) is 0 Å². The van der Waals surface area contributed by atoms with E-state index >= 15 is 0 Å². The number of unbranched alkanes of at least 4 members (excludes halogenated alkanes) is 2. The van der Waals surface area contributed by atoms with Crippen LogP contribution in [0.5, 0.6) is 0 Å². The number of ether oxygens (including phenoxy) is 2. The van der Waals surface area contributed by atoms with Crippen molar-refractivity contribution in [2.24, 2.45) is 4.99 Å². The monoisotopic (exact) mass is 315 g/mol. The fourth-order valence-electron chi connectivity index (χ4n) is 1.56. The average Bonchev–Trinajstić information content (AvgIpc) is 2.48. The second kappa shape index (κ2) is 10.7. The Bertz CT molecular complexity index is 377. The van der Waals surface area contributed by atoms with Crippen molar-refractivity contribution in [3.8, 4) is 0 Å². The second-order valence-corrected chi connectivity index (χ2v) is 4.79. The summed E-state index contributed by atoms with van der Waals surface area (Å²) in [5.74, 6) is 0.